The van der Waals surface area contributed by atoms with Gasteiger partial charge in [-0.15, -0.1) is 0 Å². The SMILES string of the molecule is NC(=O)Nc1ccc(-c2nc3cc(-c4ccc5[nH]c(-c6ccc(NC(N)=O)cc6)nc5c4)ccc3[nH]2)cc1. The fourth-order valence-corrected chi connectivity index (χ4v) is 4.35. The smallest absolute Gasteiger partial charge is 0.316 e. The van der Waals surface area contributed by atoms with Crippen LogP contribution in [0.3, 0.4) is 0 Å². The highest BCUT2D eigenvalue weighted by molar-refractivity contribution is 5.90. The Morgan fingerprint density at radius 1 is 0.553 bits per heavy atom. The van der Waals surface area contributed by atoms with Crippen molar-refractivity contribution < 1.29 is 9.59 Å². The Morgan fingerprint density at radius 3 is 1.29 bits per heavy atom. The Morgan fingerprint density at radius 2 is 0.921 bits per heavy atom. The predicted molar refractivity (Wildman–Crippen MR) is 148 cm³/mol. The zero-order chi connectivity index (χ0) is 26.2. The molecule has 0 spiro atoms. The molecule has 10 nitrogen and oxygen atoms in total. The minimum atomic E-state index is -0.605. The summed E-state index contributed by atoms with van der Waals surface area (Å²) in [6, 6.07) is 25.6. The molecule has 0 saturated heterocycles. The number of carbonyl (C=O) groups is 2. The zero-order valence-electron chi connectivity index (χ0n) is 19.9. The summed E-state index contributed by atoms with van der Waals surface area (Å²) in [5.74, 6) is 1.46. The molecule has 0 atom stereocenters. The number of rotatable bonds is 5. The van der Waals surface area contributed by atoms with Crippen molar-refractivity contribution in [2.75, 3.05) is 10.6 Å². The normalized spacial score (nSPS) is 11.1. The number of amides is 4. The number of nitrogens with one attached hydrogen (secondary N) is 4. The van der Waals surface area contributed by atoms with Crippen LogP contribution in [0.25, 0.3) is 56.0 Å². The molecule has 0 bridgehead atoms. The molecule has 0 saturated carbocycles. The quantitative estimate of drug-likeness (QED) is 0.185. The zero-order valence-corrected chi connectivity index (χ0v) is 19.9. The maximum Gasteiger partial charge on any atom is 0.316 e. The maximum atomic E-state index is 11.0. The molecule has 6 rings (SSSR count). The summed E-state index contributed by atoms with van der Waals surface area (Å²) in [6.45, 7) is 0. The number of imidazole rings is 2. The van der Waals surface area contributed by atoms with Crippen LogP contribution >= 0.6 is 0 Å². The van der Waals surface area contributed by atoms with Gasteiger partial charge in [-0.25, -0.2) is 19.6 Å². The van der Waals surface area contributed by atoms with Crippen LogP contribution in [-0.2, 0) is 0 Å². The van der Waals surface area contributed by atoms with Crippen molar-refractivity contribution in [2.45, 2.75) is 0 Å². The van der Waals surface area contributed by atoms with Crippen molar-refractivity contribution in [3.8, 4) is 33.9 Å². The number of carbonyl (C=O) groups excluding carboxylic acids is 2. The first-order valence-corrected chi connectivity index (χ1v) is 11.7. The second kappa shape index (κ2) is 9.10. The molecular formula is C28H22N8O2. The molecule has 38 heavy (non-hydrogen) atoms. The van der Waals surface area contributed by atoms with Crippen LogP contribution in [0.1, 0.15) is 0 Å². The number of nitrogens with two attached hydrogens (primary N) is 2. The van der Waals surface area contributed by atoms with E-state index in [1.807, 2.05) is 60.7 Å². The third-order valence-corrected chi connectivity index (χ3v) is 6.15. The van der Waals surface area contributed by atoms with Gasteiger partial charge in [0.25, 0.3) is 0 Å². The topological polar surface area (TPSA) is 168 Å². The molecule has 0 aliphatic carbocycles. The summed E-state index contributed by atoms with van der Waals surface area (Å²) in [5, 5.41) is 5.10. The van der Waals surface area contributed by atoms with Crippen molar-refractivity contribution in [3.63, 3.8) is 0 Å². The Labute approximate surface area is 216 Å². The van der Waals surface area contributed by atoms with Crippen molar-refractivity contribution in [3.05, 3.63) is 84.9 Å². The lowest BCUT2D eigenvalue weighted by molar-refractivity contribution is 0.258. The number of benzene rings is 4. The van der Waals surface area contributed by atoms with Crippen molar-refractivity contribution in [2.24, 2.45) is 11.5 Å². The fourth-order valence-electron chi connectivity index (χ4n) is 4.35. The largest absolute Gasteiger partial charge is 0.351 e. The molecule has 186 valence electrons. The molecule has 4 aromatic carbocycles. The number of fused-ring (bicyclic) bond motifs is 2. The van der Waals surface area contributed by atoms with E-state index in [1.165, 1.54) is 0 Å². The fraction of sp³-hybridized carbons (Fsp3) is 0. The third-order valence-electron chi connectivity index (χ3n) is 6.15. The number of hydrogen-bond donors (Lipinski definition) is 6. The second-order valence-corrected chi connectivity index (χ2v) is 8.77. The van der Waals surface area contributed by atoms with E-state index >= 15 is 0 Å². The molecule has 6 aromatic rings. The molecule has 0 fully saturated rings. The molecular weight excluding hydrogens is 480 g/mol. The number of urea groups is 2. The van der Waals surface area contributed by atoms with E-state index in [-0.39, 0.29) is 0 Å². The van der Waals surface area contributed by atoms with E-state index in [1.54, 1.807) is 24.3 Å². The van der Waals surface area contributed by atoms with Gasteiger partial charge in [0, 0.05) is 22.5 Å². The molecule has 0 unspecified atom stereocenters. The summed E-state index contributed by atoms with van der Waals surface area (Å²) in [5.41, 5.74) is 18.9. The first kappa shape index (κ1) is 22.8. The van der Waals surface area contributed by atoms with Gasteiger partial charge in [0.15, 0.2) is 0 Å². The minimum absolute atomic E-state index is 0.605. The van der Waals surface area contributed by atoms with Gasteiger partial charge in [-0.1, -0.05) is 12.1 Å². The number of primary amides is 2. The number of nitrogens with zero attached hydrogens (tertiary/aromatic N) is 2. The molecule has 2 heterocycles. The molecule has 8 N–H and O–H groups in total. The Balaban J connectivity index is 1.27. The van der Waals surface area contributed by atoms with Crippen LogP contribution in [0, 0.1) is 0 Å². The number of hydrogen-bond acceptors (Lipinski definition) is 4. The minimum Gasteiger partial charge on any atom is -0.351 e. The van der Waals surface area contributed by atoms with Crippen LogP contribution in [0.2, 0.25) is 0 Å². The van der Waals surface area contributed by atoms with Crippen molar-refractivity contribution in [1.29, 1.82) is 0 Å². The second-order valence-electron chi connectivity index (χ2n) is 8.77. The van der Waals surface area contributed by atoms with Crippen LogP contribution in [0.5, 0.6) is 0 Å². The summed E-state index contributed by atoms with van der Waals surface area (Å²) < 4.78 is 0. The average molecular weight is 503 g/mol. The number of aromatic nitrogens is 4. The van der Waals surface area contributed by atoms with Gasteiger partial charge in [-0.05, 0) is 83.9 Å². The lowest BCUT2D eigenvalue weighted by Crippen LogP contribution is -2.19. The number of aromatic amines is 2. The van der Waals surface area contributed by atoms with E-state index in [0.717, 1.165) is 56.0 Å². The Hall–Kier alpha value is -5.64. The van der Waals surface area contributed by atoms with Gasteiger partial charge in [0.2, 0.25) is 0 Å². The Kier molecular flexibility index (Phi) is 5.46. The summed E-state index contributed by atoms with van der Waals surface area (Å²) in [6.07, 6.45) is 0. The van der Waals surface area contributed by atoms with Gasteiger partial charge in [0.1, 0.15) is 11.6 Å². The molecule has 0 radical (unpaired) electrons. The third kappa shape index (κ3) is 4.49. The van der Waals surface area contributed by atoms with Crippen LogP contribution in [-0.4, -0.2) is 32.0 Å². The van der Waals surface area contributed by atoms with Gasteiger partial charge in [0.05, 0.1) is 22.1 Å². The van der Waals surface area contributed by atoms with E-state index in [0.29, 0.717) is 11.4 Å². The van der Waals surface area contributed by atoms with E-state index in [9.17, 15) is 9.59 Å². The predicted octanol–water partition coefficient (Wildman–Crippen LogP) is 5.42. The van der Waals surface area contributed by atoms with E-state index in [4.69, 9.17) is 21.4 Å². The Bertz CT molecular complexity index is 1680. The monoisotopic (exact) mass is 502 g/mol. The molecule has 4 amide bonds. The van der Waals surface area contributed by atoms with Crippen molar-refractivity contribution in [1.82, 2.24) is 19.9 Å². The van der Waals surface area contributed by atoms with Gasteiger partial charge >= 0.3 is 12.1 Å². The molecule has 2 aromatic heterocycles. The summed E-state index contributed by atoms with van der Waals surface area (Å²) in [7, 11) is 0. The molecule has 10 heteroatoms. The van der Waals surface area contributed by atoms with E-state index in [2.05, 4.69) is 20.6 Å². The molecule has 0 aliphatic rings. The highest BCUT2D eigenvalue weighted by atomic mass is 16.2. The van der Waals surface area contributed by atoms with Gasteiger partial charge in [-0.2, -0.15) is 0 Å². The first-order valence-electron chi connectivity index (χ1n) is 11.7. The number of anilines is 2. The van der Waals surface area contributed by atoms with Crippen LogP contribution in [0.15, 0.2) is 84.9 Å². The average Bonchev–Trinajstić information content (AvgIpc) is 3.52. The van der Waals surface area contributed by atoms with Crippen molar-refractivity contribution >= 4 is 45.5 Å². The maximum absolute atomic E-state index is 11.0. The highest BCUT2D eigenvalue weighted by Gasteiger charge is 2.10. The van der Waals surface area contributed by atoms with E-state index < -0.39 is 12.1 Å². The number of H-pyrrole nitrogens is 2. The van der Waals surface area contributed by atoms with Gasteiger partial charge < -0.3 is 32.1 Å². The highest BCUT2D eigenvalue weighted by Crippen LogP contribution is 2.29. The van der Waals surface area contributed by atoms with Gasteiger partial charge in [-0.3, -0.25) is 0 Å². The lowest BCUT2D eigenvalue weighted by atomic mass is 10.0. The summed E-state index contributed by atoms with van der Waals surface area (Å²) >= 11 is 0. The van der Waals surface area contributed by atoms with Crippen LogP contribution < -0.4 is 22.1 Å². The molecule has 0 aliphatic heterocycles. The standard InChI is InChI=1S/C28H22N8O2/c29-27(37)31-19-7-1-15(2-8-19)25-33-21-11-5-17(13-23(21)35-25)18-6-12-22-24(14-18)36-26(34-22)16-3-9-20(10-4-16)32-28(30)38/h1-14H,(H,33,35)(H,34,36)(H3,29,31,37)(H3,30,32,38). The summed E-state index contributed by atoms with van der Waals surface area (Å²) in [4.78, 5) is 38.3. The lowest BCUT2D eigenvalue weighted by Gasteiger charge is -2.02. The van der Waals surface area contributed by atoms with Crippen LogP contribution in [0.4, 0.5) is 21.0 Å². The first-order chi connectivity index (χ1) is 18.4.